The number of hydrogen-bond acceptors (Lipinski definition) is 4. The maximum absolute atomic E-state index is 9.95. The Kier molecular flexibility index (Phi) is 3.25. The third-order valence-corrected chi connectivity index (χ3v) is 3.55. The number of hydrogen-bond donors (Lipinski definition) is 2. The zero-order valence-electron chi connectivity index (χ0n) is 11.6. The van der Waals surface area contributed by atoms with Gasteiger partial charge in [-0.15, -0.1) is 0 Å². The summed E-state index contributed by atoms with van der Waals surface area (Å²) in [5, 5.41) is 9.95. The monoisotopic (exact) mass is 251 g/mol. The van der Waals surface area contributed by atoms with Gasteiger partial charge in [-0.2, -0.15) is 5.48 Å². The highest BCUT2D eigenvalue weighted by Crippen LogP contribution is 2.44. The predicted octanol–water partition coefficient (Wildman–Crippen LogP) is 2.76. The van der Waals surface area contributed by atoms with Crippen molar-refractivity contribution in [3.63, 3.8) is 0 Å². The lowest BCUT2D eigenvalue weighted by molar-refractivity contribution is 0.00241. The molecule has 2 N–H and O–H groups in total. The summed E-state index contributed by atoms with van der Waals surface area (Å²) in [5.74, 6) is 1.16. The second kappa shape index (κ2) is 4.44. The van der Waals surface area contributed by atoms with Crippen LogP contribution in [-0.2, 0) is 4.84 Å². The Bertz CT molecular complexity index is 469. The van der Waals surface area contributed by atoms with Gasteiger partial charge in [-0.3, -0.25) is 0 Å². The van der Waals surface area contributed by atoms with Gasteiger partial charge in [0.2, 0.25) is 0 Å². The van der Waals surface area contributed by atoms with Crippen molar-refractivity contribution in [1.29, 1.82) is 0 Å². The zero-order valence-corrected chi connectivity index (χ0v) is 11.6. The summed E-state index contributed by atoms with van der Waals surface area (Å²) in [6.07, 6.45) is 0.787. The van der Waals surface area contributed by atoms with E-state index in [9.17, 15) is 5.11 Å². The first-order valence-electron chi connectivity index (χ1n) is 6.16. The number of hydroxylamine groups is 1. The van der Waals surface area contributed by atoms with Crippen LogP contribution in [0.3, 0.4) is 0 Å². The molecule has 0 aliphatic carbocycles. The number of phenols is 1. The fourth-order valence-electron chi connectivity index (χ4n) is 2.46. The first-order chi connectivity index (χ1) is 8.35. The highest BCUT2D eigenvalue weighted by Gasteiger charge is 2.35. The molecule has 0 aromatic heterocycles. The van der Waals surface area contributed by atoms with E-state index in [0.29, 0.717) is 5.75 Å². The van der Waals surface area contributed by atoms with E-state index in [0.717, 1.165) is 28.9 Å². The quantitative estimate of drug-likeness (QED) is 0.794. The summed E-state index contributed by atoms with van der Waals surface area (Å²) in [6, 6.07) is 1.79. The summed E-state index contributed by atoms with van der Waals surface area (Å²) in [7, 11) is 1.60. The van der Waals surface area contributed by atoms with Gasteiger partial charge in [0, 0.05) is 12.0 Å². The first kappa shape index (κ1) is 13.2. The molecule has 1 atom stereocenters. The minimum atomic E-state index is -0.253. The molecule has 2 rings (SSSR count). The number of aromatic hydroxyl groups is 1. The van der Waals surface area contributed by atoms with Gasteiger partial charge < -0.3 is 14.7 Å². The molecular weight excluding hydrogens is 230 g/mol. The topological polar surface area (TPSA) is 50.7 Å². The molecule has 0 fully saturated rings. The summed E-state index contributed by atoms with van der Waals surface area (Å²) in [6.45, 7) is 7.98. The maximum Gasteiger partial charge on any atom is 0.128 e. The lowest BCUT2D eigenvalue weighted by Gasteiger charge is -2.38. The van der Waals surface area contributed by atoms with Crippen LogP contribution in [0.1, 0.15) is 43.0 Å². The lowest BCUT2D eigenvalue weighted by atomic mass is 9.87. The molecule has 0 spiro atoms. The minimum absolute atomic E-state index is 0.0268. The van der Waals surface area contributed by atoms with Crippen molar-refractivity contribution >= 4 is 0 Å². The summed E-state index contributed by atoms with van der Waals surface area (Å²) < 4.78 is 6.06. The van der Waals surface area contributed by atoms with Crippen molar-refractivity contribution in [3.05, 3.63) is 22.8 Å². The molecule has 0 amide bonds. The minimum Gasteiger partial charge on any atom is -0.508 e. The van der Waals surface area contributed by atoms with Gasteiger partial charge >= 0.3 is 0 Å². The van der Waals surface area contributed by atoms with Crippen molar-refractivity contribution in [2.24, 2.45) is 0 Å². The lowest BCUT2D eigenvalue weighted by Crippen LogP contribution is -2.39. The van der Waals surface area contributed by atoms with E-state index in [1.807, 2.05) is 13.8 Å². The third-order valence-electron chi connectivity index (χ3n) is 3.55. The molecule has 4 heteroatoms. The average molecular weight is 251 g/mol. The summed E-state index contributed by atoms with van der Waals surface area (Å²) >= 11 is 0. The standard InChI is InChI=1S/C14H21NO3/c1-8-9(2)13-10(6-12(8)16)11(15-17-5)7-14(3,4)18-13/h6,11,15-16H,7H2,1-5H3. The number of rotatable bonds is 2. The smallest absolute Gasteiger partial charge is 0.128 e. The molecule has 0 radical (unpaired) electrons. The molecule has 1 aliphatic heterocycles. The molecule has 100 valence electrons. The molecule has 0 bridgehead atoms. The van der Waals surface area contributed by atoms with Gasteiger partial charge in [0.25, 0.3) is 0 Å². The molecule has 0 saturated carbocycles. The van der Waals surface area contributed by atoms with Gasteiger partial charge in [-0.05, 0) is 44.9 Å². The Hall–Kier alpha value is -1.26. The van der Waals surface area contributed by atoms with Crippen LogP contribution in [0.4, 0.5) is 0 Å². The largest absolute Gasteiger partial charge is 0.508 e. The molecule has 1 aromatic carbocycles. The van der Waals surface area contributed by atoms with E-state index in [1.165, 1.54) is 0 Å². The average Bonchev–Trinajstić information content (AvgIpc) is 2.28. The van der Waals surface area contributed by atoms with Gasteiger partial charge in [-0.1, -0.05) is 0 Å². The Morgan fingerprint density at radius 3 is 2.67 bits per heavy atom. The fraction of sp³-hybridized carbons (Fsp3) is 0.571. The van der Waals surface area contributed by atoms with Gasteiger partial charge in [-0.25, -0.2) is 0 Å². The van der Waals surface area contributed by atoms with Crippen LogP contribution >= 0.6 is 0 Å². The Morgan fingerprint density at radius 2 is 2.06 bits per heavy atom. The highest BCUT2D eigenvalue weighted by atomic mass is 16.6. The maximum atomic E-state index is 9.95. The molecule has 4 nitrogen and oxygen atoms in total. The molecule has 18 heavy (non-hydrogen) atoms. The van der Waals surface area contributed by atoms with E-state index in [-0.39, 0.29) is 11.6 Å². The Labute approximate surface area is 108 Å². The van der Waals surface area contributed by atoms with Crippen LogP contribution in [-0.4, -0.2) is 17.8 Å². The van der Waals surface area contributed by atoms with Gasteiger partial charge in [0.1, 0.15) is 17.1 Å². The number of benzene rings is 1. The van der Waals surface area contributed by atoms with Crippen molar-refractivity contribution < 1.29 is 14.7 Å². The fourth-order valence-corrected chi connectivity index (χ4v) is 2.46. The van der Waals surface area contributed by atoms with Crippen molar-refractivity contribution in [1.82, 2.24) is 5.48 Å². The highest BCUT2D eigenvalue weighted by molar-refractivity contribution is 5.54. The molecular formula is C14H21NO3. The van der Waals surface area contributed by atoms with E-state index >= 15 is 0 Å². The van der Waals surface area contributed by atoms with Crippen LogP contribution in [0, 0.1) is 13.8 Å². The van der Waals surface area contributed by atoms with Crippen molar-refractivity contribution in [2.45, 2.75) is 45.8 Å². The Morgan fingerprint density at radius 1 is 1.39 bits per heavy atom. The van der Waals surface area contributed by atoms with Crippen molar-refractivity contribution in [2.75, 3.05) is 7.11 Å². The third kappa shape index (κ3) is 2.18. The van der Waals surface area contributed by atoms with Crippen LogP contribution in [0.25, 0.3) is 0 Å². The van der Waals surface area contributed by atoms with E-state index in [2.05, 4.69) is 19.3 Å². The molecule has 1 aliphatic rings. The Balaban J connectivity index is 2.55. The summed E-state index contributed by atoms with van der Waals surface area (Å²) in [5.41, 5.74) is 5.53. The van der Waals surface area contributed by atoms with E-state index in [1.54, 1.807) is 13.2 Å². The first-order valence-corrected chi connectivity index (χ1v) is 6.16. The van der Waals surface area contributed by atoms with Crippen LogP contribution in [0.5, 0.6) is 11.5 Å². The second-order valence-corrected chi connectivity index (χ2v) is 5.50. The van der Waals surface area contributed by atoms with Crippen molar-refractivity contribution in [3.8, 4) is 11.5 Å². The zero-order chi connectivity index (χ0) is 13.5. The predicted molar refractivity (Wildman–Crippen MR) is 69.8 cm³/mol. The number of ether oxygens (including phenoxy) is 1. The van der Waals surface area contributed by atoms with E-state index in [4.69, 9.17) is 9.57 Å². The number of phenolic OH excluding ortho intramolecular Hbond substituents is 1. The van der Waals surface area contributed by atoms with Gasteiger partial charge in [0.15, 0.2) is 0 Å². The van der Waals surface area contributed by atoms with Gasteiger partial charge in [0.05, 0.1) is 13.2 Å². The number of fused-ring (bicyclic) bond motifs is 1. The van der Waals surface area contributed by atoms with Crippen LogP contribution < -0.4 is 10.2 Å². The van der Waals surface area contributed by atoms with Crippen LogP contribution in [0.2, 0.25) is 0 Å². The number of nitrogens with one attached hydrogen (secondary N) is 1. The summed E-state index contributed by atoms with van der Waals surface area (Å²) in [4.78, 5) is 5.05. The van der Waals surface area contributed by atoms with E-state index < -0.39 is 0 Å². The SMILES string of the molecule is CONC1CC(C)(C)Oc2c1cc(O)c(C)c2C. The second-order valence-electron chi connectivity index (χ2n) is 5.50. The molecule has 1 heterocycles. The van der Waals surface area contributed by atoms with Crippen LogP contribution in [0.15, 0.2) is 6.07 Å². The normalized spacial score (nSPS) is 21.3. The molecule has 1 aromatic rings. The molecule has 1 unspecified atom stereocenters. The molecule has 0 saturated heterocycles.